The molecule has 1 aliphatic rings. The standard InChI is InChI=1S/C24H26ClF3N4O/c1-31-11-13-32(14-12-31)10-5-15-33-18-8-9-19(20(25)16-18)23-29-21(17-6-3-2-4-7-17)22(30-23)24(26,27)28/h2-4,6-9,16H,5,10-15H2,1H3,(H,29,30). The van der Waals surface area contributed by atoms with Crippen LogP contribution in [-0.4, -0.2) is 66.1 Å². The van der Waals surface area contributed by atoms with Gasteiger partial charge in [0.05, 0.1) is 11.6 Å². The highest BCUT2D eigenvalue weighted by molar-refractivity contribution is 6.33. The topological polar surface area (TPSA) is 44.4 Å². The summed E-state index contributed by atoms with van der Waals surface area (Å²) < 4.78 is 46.7. The van der Waals surface area contributed by atoms with E-state index in [1.54, 1.807) is 48.5 Å². The third-order valence-corrected chi connectivity index (χ3v) is 6.03. The van der Waals surface area contributed by atoms with Gasteiger partial charge in [-0.05, 0) is 31.7 Å². The summed E-state index contributed by atoms with van der Waals surface area (Å²) in [7, 11) is 2.13. The SMILES string of the molecule is CN1CCN(CCCOc2ccc(-c3nc(-c4ccccc4)c(C(F)(F)F)[nH]3)c(Cl)c2)CC1. The lowest BCUT2D eigenvalue weighted by Gasteiger charge is -2.32. The first kappa shape index (κ1) is 23.6. The van der Waals surface area contributed by atoms with E-state index in [2.05, 4.69) is 26.8 Å². The fourth-order valence-electron chi connectivity index (χ4n) is 3.84. The van der Waals surface area contributed by atoms with E-state index in [4.69, 9.17) is 16.3 Å². The van der Waals surface area contributed by atoms with E-state index in [9.17, 15) is 13.2 Å². The molecule has 2 heterocycles. The average molecular weight is 479 g/mol. The Bertz CT molecular complexity index is 1060. The van der Waals surface area contributed by atoms with Gasteiger partial charge < -0.3 is 19.5 Å². The number of H-pyrrole nitrogens is 1. The highest BCUT2D eigenvalue weighted by Crippen LogP contribution is 2.39. The minimum Gasteiger partial charge on any atom is -0.493 e. The molecule has 0 radical (unpaired) electrons. The Hall–Kier alpha value is -2.55. The Morgan fingerprint density at radius 2 is 1.79 bits per heavy atom. The molecule has 5 nitrogen and oxygen atoms in total. The smallest absolute Gasteiger partial charge is 0.433 e. The molecule has 1 saturated heterocycles. The van der Waals surface area contributed by atoms with Gasteiger partial charge in [0.1, 0.15) is 23.0 Å². The number of rotatable bonds is 7. The second kappa shape index (κ2) is 10.2. The van der Waals surface area contributed by atoms with Crippen LogP contribution in [0.2, 0.25) is 5.02 Å². The summed E-state index contributed by atoms with van der Waals surface area (Å²) >= 11 is 6.40. The molecule has 9 heteroatoms. The molecule has 176 valence electrons. The monoisotopic (exact) mass is 478 g/mol. The molecule has 0 spiro atoms. The van der Waals surface area contributed by atoms with Crippen LogP contribution in [0.3, 0.4) is 0 Å². The van der Waals surface area contributed by atoms with Crippen LogP contribution in [0.1, 0.15) is 12.1 Å². The van der Waals surface area contributed by atoms with Gasteiger partial charge in [-0.3, -0.25) is 0 Å². The number of hydrogen-bond donors (Lipinski definition) is 1. The van der Waals surface area contributed by atoms with Crippen LogP contribution < -0.4 is 4.74 Å². The van der Waals surface area contributed by atoms with Gasteiger partial charge >= 0.3 is 6.18 Å². The summed E-state index contributed by atoms with van der Waals surface area (Å²) in [6, 6.07) is 13.2. The van der Waals surface area contributed by atoms with Gasteiger partial charge in [-0.2, -0.15) is 13.2 Å². The van der Waals surface area contributed by atoms with Crippen molar-refractivity contribution < 1.29 is 17.9 Å². The lowest BCUT2D eigenvalue weighted by atomic mass is 10.1. The summed E-state index contributed by atoms with van der Waals surface area (Å²) in [5.41, 5.74) is -0.291. The first-order valence-corrected chi connectivity index (χ1v) is 11.3. The number of aromatic nitrogens is 2. The largest absolute Gasteiger partial charge is 0.493 e. The van der Waals surface area contributed by atoms with Crippen molar-refractivity contribution in [3.8, 4) is 28.4 Å². The second-order valence-corrected chi connectivity index (χ2v) is 8.57. The minimum absolute atomic E-state index is 0.0628. The molecule has 0 amide bonds. The number of ether oxygens (including phenoxy) is 1. The van der Waals surface area contributed by atoms with E-state index >= 15 is 0 Å². The Balaban J connectivity index is 1.44. The molecule has 1 fully saturated rings. The molecule has 1 aromatic heterocycles. The van der Waals surface area contributed by atoms with Gasteiger partial charge in [0, 0.05) is 43.9 Å². The van der Waals surface area contributed by atoms with Crippen molar-refractivity contribution in [2.24, 2.45) is 0 Å². The van der Waals surface area contributed by atoms with Gasteiger partial charge in [0.15, 0.2) is 0 Å². The molecule has 1 aliphatic heterocycles. The molecule has 0 unspecified atom stereocenters. The summed E-state index contributed by atoms with van der Waals surface area (Å²) in [6.45, 7) is 5.78. The molecule has 2 aromatic carbocycles. The number of nitrogens with one attached hydrogen (secondary N) is 1. The van der Waals surface area contributed by atoms with Gasteiger partial charge in [0.25, 0.3) is 0 Å². The average Bonchev–Trinajstić information content (AvgIpc) is 3.24. The van der Waals surface area contributed by atoms with Crippen LogP contribution in [-0.2, 0) is 6.18 Å². The predicted octanol–water partition coefficient (Wildman–Crippen LogP) is 5.43. The van der Waals surface area contributed by atoms with Crippen molar-refractivity contribution in [2.75, 3.05) is 46.4 Å². The molecule has 1 N–H and O–H groups in total. The fourth-order valence-corrected chi connectivity index (χ4v) is 4.10. The van der Waals surface area contributed by atoms with E-state index in [0.29, 0.717) is 23.5 Å². The Labute approximate surface area is 196 Å². The quantitative estimate of drug-likeness (QED) is 0.460. The molecule has 4 rings (SSSR count). The summed E-state index contributed by atoms with van der Waals surface area (Å²) in [4.78, 5) is 11.4. The third kappa shape index (κ3) is 5.88. The van der Waals surface area contributed by atoms with Gasteiger partial charge in [0.2, 0.25) is 0 Å². The first-order chi connectivity index (χ1) is 15.8. The number of halogens is 4. The zero-order valence-corrected chi connectivity index (χ0v) is 19.1. The minimum atomic E-state index is -4.57. The number of hydrogen-bond acceptors (Lipinski definition) is 4. The number of alkyl halides is 3. The summed E-state index contributed by atoms with van der Waals surface area (Å²) in [6.07, 6.45) is -3.69. The lowest BCUT2D eigenvalue weighted by Crippen LogP contribution is -2.44. The summed E-state index contributed by atoms with van der Waals surface area (Å²) in [5.74, 6) is 0.640. The van der Waals surface area contributed by atoms with E-state index in [1.807, 2.05) is 0 Å². The molecule has 0 saturated carbocycles. The molecule has 0 atom stereocenters. The van der Waals surface area contributed by atoms with Crippen LogP contribution in [0.25, 0.3) is 22.6 Å². The predicted molar refractivity (Wildman–Crippen MR) is 124 cm³/mol. The van der Waals surface area contributed by atoms with Crippen LogP contribution in [0.15, 0.2) is 48.5 Å². The number of imidazole rings is 1. The number of aromatic amines is 1. The molecule has 3 aromatic rings. The highest BCUT2D eigenvalue weighted by atomic mass is 35.5. The summed E-state index contributed by atoms with van der Waals surface area (Å²) in [5, 5.41) is 0.272. The normalized spacial score (nSPS) is 15.7. The molecule has 0 bridgehead atoms. The van der Waals surface area contributed by atoms with E-state index in [0.717, 1.165) is 39.1 Å². The van der Waals surface area contributed by atoms with E-state index in [-0.39, 0.29) is 16.5 Å². The van der Waals surface area contributed by atoms with Crippen LogP contribution in [0.5, 0.6) is 5.75 Å². The second-order valence-electron chi connectivity index (χ2n) is 8.16. The van der Waals surface area contributed by atoms with Gasteiger partial charge in [-0.1, -0.05) is 41.9 Å². The molecular formula is C24H26ClF3N4O. The third-order valence-electron chi connectivity index (χ3n) is 5.71. The zero-order valence-electron chi connectivity index (χ0n) is 18.3. The number of likely N-dealkylation sites (N-methyl/N-ethyl adjacent to an activating group) is 1. The van der Waals surface area contributed by atoms with Gasteiger partial charge in [-0.25, -0.2) is 4.98 Å². The fraction of sp³-hybridized carbons (Fsp3) is 0.375. The van der Waals surface area contributed by atoms with Crippen molar-refractivity contribution in [1.82, 2.24) is 19.8 Å². The molecule has 33 heavy (non-hydrogen) atoms. The van der Waals surface area contributed by atoms with E-state index in [1.165, 1.54) is 0 Å². The van der Waals surface area contributed by atoms with Crippen molar-refractivity contribution in [1.29, 1.82) is 0 Å². The maximum Gasteiger partial charge on any atom is 0.433 e. The number of nitrogens with zero attached hydrogens (tertiary/aromatic N) is 3. The van der Waals surface area contributed by atoms with Crippen molar-refractivity contribution >= 4 is 11.6 Å². The maximum absolute atomic E-state index is 13.6. The van der Waals surface area contributed by atoms with E-state index < -0.39 is 11.9 Å². The van der Waals surface area contributed by atoms with Crippen LogP contribution in [0, 0.1) is 0 Å². The Kier molecular flexibility index (Phi) is 7.26. The maximum atomic E-state index is 13.6. The Morgan fingerprint density at radius 3 is 2.45 bits per heavy atom. The van der Waals surface area contributed by atoms with Crippen LogP contribution >= 0.6 is 11.6 Å². The Morgan fingerprint density at radius 1 is 1.06 bits per heavy atom. The zero-order chi connectivity index (χ0) is 23.4. The van der Waals surface area contributed by atoms with Crippen molar-refractivity contribution in [2.45, 2.75) is 12.6 Å². The van der Waals surface area contributed by atoms with Crippen molar-refractivity contribution in [3.63, 3.8) is 0 Å². The molecular weight excluding hydrogens is 453 g/mol. The number of piperazine rings is 1. The first-order valence-electron chi connectivity index (χ1n) is 10.9. The highest BCUT2D eigenvalue weighted by Gasteiger charge is 2.37. The van der Waals surface area contributed by atoms with Crippen LogP contribution in [0.4, 0.5) is 13.2 Å². The number of benzene rings is 2. The lowest BCUT2D eigenvalue weighted by molar-refractivity contribution is -0.140. The van der Waals surface area contributed by atoms with Crippen molar-refractivity contribution in [3.05, 3.63) is 59.2 Å². The van der Waals surface area contributed by atoms with Gasteiger partial charge in [-0.15, -0.1) is 0 Å². The molecule has 0 aliphatic carbocycles.